The number of para-hydroxylation sites is 1. The van der Waals surface area contributed by atoms with Crippen LogP contribution in [0.3, 0.4) is 0 Å². The van der Waals surface area contributed by atoms with Crippen molar-refractivity contribution in [1.82, 2.24) is 30.1 Å². The molecule has 0 spiro atoms. The summed E-state index contributed by atoms with van der Waals surface area (Å²) in [6.45, 7) is 5.83. The summed E-state index contributed by atoms with van der Waals surface area (Å²) in [5, 5.41) is 19.0. The third-order valence-corrected chi connectivity index (χ3v) is 5.03. The SMILES string of the molecule is Cc1ccccc1-n1nccc1NC(=O)c1nnn(C2CCNCC2)c1C.Cl. The highest BCUT2D eigenvalue weighted by Gasteiger charge is 2.23. The molecule has 148 valence electrons. The van der Waals surface area contributed by atoms with E-state index in [1.165, 1.54) is 0 Å². The summed E-state index contributed by atoms with van der Waals surface area (Å²) in [5.74, 6) is 0.327. The van der Waals surface area contributed by atoms with Gasteiger partial charge in [0, 0.05) is 6.07 Å². The Bertz CT molecular complexity index is 959. The normalized spacial score (nSPS) is 14.5. The Balaban J connectivity index is 0.00000225. The third-order valence-electron chi connectivity index (χ3n) is 5.03. The van der Waals surface area contributed by atoms with Crippen LogP contribution in [0, 0.1) is 13.8 Å². The van der Waals surface area contributed by atoms with Gasteiger partial charge in [0.1, 0.15) is 5.82 Å². The summed E-state index contributed by atoms with van der Waals surface area (Å²) in [6.07, 6.45) is 3.65. The number of rotatable bonds is 4. The first-order valence-electron chi connectivity index (χ1n) is 9.19. The molecule has 0 unspecified atom stereocenters. The number of amides is 1. The van der Waals surface area contributed by atoms with Gasteiger partial charge in [-0.15, -0.1) is 17.5 Å². The largest absolute Gasteiger partial charge is 0.317 e. The number of aromatic nitrogens is 5. The minimum absolute atomic E-state index is 0. The molecule has 1 fully saturated rings. The molecule has 8 nitrogen and oxygen atoms in total. The second-order valence-corrected chi connectivity index (χ2v) is 6.82. The molecule has 1 aliphatic rings. The fraction of sp³-hybridized carbons (Fsp3) is 0.368. The zero-order valence-corrected chi connectivity index (χ0v) is 16.7. The van der Waals surface area contributed by atoms with Crippen molar-refractivity contribution < 1.29 is 4.79 Å². The maximum Gasteiger partial charge on any atom is 0.279 e. The molecule has 0 aliphatic carbocycles. The van der Waals surface area contributed by atoms with Gasteiger partial charge < -0.3 is 10.6 Å². The maximum atomic E-state index is 12.8. The molecule has 2 N–H and O–H groups in total. The minimum Gasteiger partial charge on any atom is -0.317 e. The Labute approximate surface area is 169 Å². The highest BCUT2D eigenvalue weighted by atomic mass is 35.5. The first kappa shape index (κ1) is 20.0. The quantitative estimate of drug-likeness (QED) is 0.701. The highest BCUT2D eigenvalue weighted by Crippen LogP contribution is 2.22. The van der Waals surface area contributed by atoms with E-state index in [2.05, 4.69) is 26.0 Å². The molecule has 4 rings (SSSR count). The smallest absolute Gasteiger partial charge is 0.279 e. The number of nitrogens with one attached hydrogen (secondary N) is 2. The van der Waals surface area contributed by atoms with Gasteiger partial charge in [0.05, 0.1) is 23.6 Å². The van der Waals surface area contributed by atoms with Gasteiger partial charge in [-0.2, -0.15) is 5.10 Å². The summed E-state index contributed by atoms with van der Waals surface area (Å²) in [5.41, 5.74) is 3.14. The van der Waals surface area contributed by atoms with E-state index in [4.69, 9.17) is 0 Å². The fourth-order valence-corrected chi connectivity index (χ4v) is 3.52. The van der Waals surface area contributed by atoms with Crippen molar-refractivity contribution in [1.29, 1.82) is 0 Å². The van der Waals surface area contributed by atoms with Gasteiger partial charge in [-0.1, -0.05) is 23.4 Å². The van der Waals surface area contributed by atoms with Crippen molar-refractivity contribution in [2.45, 2.75) is 32.7 Å². The van der Waals surface area contributed by atoms with Gasteiger partial charge in [-0.3, -0.25) is 4.79 Å². The Morgan fingerprint density at radius 1 is 1.18 bits per heavy atom. The van der Waals surface area contributed by atoms with Gasteiger partial charge >= 0.3 is 0 Å². The van der Waals surface area contributed by atoms with E-state index in [0.29, 0.717) is 11.5 Å². The van der Waals surface area contributed by atoms with Crippen LogP contribution < -0.4 is 10.6 Å². The molecule has 0 bridgehead atoms. The van der Waals surface area contributed by atoms with Crippen molar-refractivity contribution in [2.75, 3.05) is 18.4 Å². The molecular weight excluding hydrogens is 378 g/mol. The second kappa shape index (κ2) is 8.53. The molecule has 3 aromatic rings. The first-order chi connectivity index (χ1) is 13.1. The van der Waals surface area contributed by atoms with E-state index in [-0.39, 0.29) is 24.4 Å². The van der Waals surface area contributed by atoms with Crippen molar-refractivity contribution in [3.8, 4) is 5.69 Å². The molecule has 1 amide bonds. The highest BCUT2D eigenvalue weighted by molar-refractivity contribution is 6.03. The predicted octanol–water partition coefficient (Wildman–Crippen LogP) is 2.68. The maximum absolute atomic E-state index is 12.8. The van der Waals surface area contributed by atoms with Crippen LogP contribution in [0.5, 0.6) is 0 Å². The Kier molecular flexibility index (Phi) is 6.11. The lowest BCUT2D eigenvalue weighted by atomic mass is 10.1. The van der Waals surface area contributed by atoms with E-state index < -0.39 is 0 Å². The van der Waals surface area contributed by atoms with Gasteiger partial charge in [0.2, 0.25) is 0 Å². The van der Waals surface area contributed by atoms with E-state index in [0.717, 1.165) is 42.9 Å². The number of carbonyl (C=O) groups excluding carboxylic acids is 1. The monoisotopic (exact) mass is 401 g/mol. The summed E-state index contributed by atoms with van der Waals surface area (Å²) >= 11 is 0. The minimum atomic E-state index is -0.275. The number of carbonyl (C=O) groups is 1. The van der Waals surface area contributed by atoms with Crippen LogP contribution in [0.1, 0.15) is 40.6 Å². The number of anilines is 1. The lowest BCUT2D eigenvalue weighted by Crippen LogP contribution is -2.30. The van der Waals surface area contributed by atoms with Gasteiger partial charge in [0.25, 0.3) is 5.91 Å². The summed E-state index contributed by atoms with van der Waals surface area (Å²) in [7, 11) is 0. The lowest BCUT2D eigenvalue weighted by molar-refractivity contribution is 0.102. The Morgan fingerprint density at radius 3 is 2.68 bits per heavy atom. The van der Waals surface area contributed by atoms with Crippen LogP contribution in [-0.4, -0.2) is 43.8 Å². The molecule has 3 heterocycles. The average Bonchev–Trinajstić information content (AvgIpc) is 3.29. The number of benzene rings is 1. The number of nitrogens with zero attached hydrogens (tertiary/aromatic N) is 5. The van der Waals surface area contributed by atoms with Gasteiger partial charge in [0.15, 0.2) is 5.69 Å². The first-order valence-corrected chi connectivity index (χ1v) is 9.19. The third kappa shape index (κ3) is 3.79. The van der Waals surface area contributed by atoms with E-state index >= 15 is 0 Å². The zero-order valence-electron chi connectivity index (χ0n) is 15.9. The topological polar surface area (TPSA) is 89.7 Å². The van der Waals surface area contributed by atoms with Crippen molar-refractivity contribution >= 4 is 24.1 Å². The van der Waals surface area contributed by atoms with Crippen molar-refractivity contribution in [2.24, 2.45) is 0 Å². The van der Waals surface area contributed by atoms with E-state index in [1.807, 2.05) is 42.8 Å². The van der Waals surface area contributed by atoms with Crippen LogP contribution in [0.25, 0.3) is 5.69 Å². The molecule has 1 aromatic carbocycles. The van der Waals surface area contributed by atoms with E-state index in [9.17, 15) is 4.79 Å². The summed E-state index contributed by atoms with van der Waals surface area (Å²) in [4.78, 5) is 12.8. The second-order valence-electron chi connectivity index (χ2n) is 6.82. The van der Waals surface area contributed by atoms with Crippen LogP contribution in [0.4, 0.5) is 5.82 Å². The van der Waals surface area contributed by atoms with Gasteiger partial charge in [-0.25, -0.2) is 9.36 Å². The Morgan fingerprint density at radius 2 is 1.93 bits per heavy atom. The van der Waals surface area contributed by atoms with Crippen molar-refractivity contribution in [3.63, 3.8) is 0 Å². The van der Waals surface area contributed by atoms with Crippen LogP contribution in [0.2, 0.25) is 0 Å². The number of aryl methyl sites for hydroxylation is 1. The number of hydrogen-bond donors (Lipinski definition) is 2. The molecule has 0 atom stereocenters. The molecular formula is C19H24ClN7O. The molecule has 1 aliphatic heterocycles. The molecule has 0 radical (unpaired) electrons. The van der Waals surface area contributed by atoms with Gasteiger partial charge in [-0.05, 0) is 51.4 Å². The molecule has 28 heavy (non-hydrogen) atoms. The summed E-state index contributed by atoms with van der Waals surface area (Å²) in [6, 6.07) is 9.97. The molecule has 2 aromatic heterocycles. The molecule has 9 heteroatoms. The predicted molar refractivity (Wildman–Crippen MR) is 109 cm³/mol. The number of halogens is 1. The van der Waals surface area contributed by atoms with Crippen LogP contribution >= 0.6 is 12.4 Å². The zero-order chi connectivity index (χ0) is 18.8. The number of hydrogen-bond acceptors (Lipinski definition) is 5. The fourth-order valence-electron chi connectivity index (χ4n) is 3.52. The Hall–Kier alpha value is -2.71. The number of piperidine rings is 1. The van der Waals surface area contributed by atoms with Crippen LogP contribution in [0.15, 0.2) is 36.5 Å². The molecule has 1 saturated heterocycles. The summed E-state index contributed by atoms with van der Waals surface area (Å²) < 4.78 is 3.61. The lowest BCUT2D eigenvalue weighted by Gasteiger charge is -2.23. The molecule has 0 saturated carbocycles. The standard InChI is InChI=1S/C19H23N7O.ClH/c1-13-5-3-4-6-16(13)26-17(9-12-21-26)22-19(27)18-14(2)25(24-23-18)15-7-10-20-11-8-15;/h3-6,9,12,15,20H,7-8,10-11H2,1-2H3,(H,22,27);1H. The van der Waals surface area contributed by atoms with Crippen LogP contribution in [-0.2, 0) is 0 Å². The average molecular weight is 402 g/mol. The van der Waals surface area contributed by atoms with E-state index in [1.54, 1.807) is 16.9 Å². The van der Waals surface area contributed by atoms with Crippen molar-refractivity contribution in [3.05, 3.63) is 53.5 Å².